The predicted molar refractivity (Wildman–Crippen MR) is 134 cm³/mol. The van der Waals surface area contributed by atoms with E-state index in [1.54, 1.807) is 0 Å². The first kappa shape index (κ1) is 24.6. The molecule has 190 valence electrons. The number of ether oxygens (including phenoxy) is 1. The number of hydrogen-bond acceptors (Lipinski definition) is 4. The summed E-state index contributed by atoms with van der Waals surface area (Å²) in [4.78, 5) is 13.9. The van der Waals surface area contributed by atoms with E-state index >= 15 is 0 Å². The van der Waals surface area contributed by atoms with Gasteiger partial charge in [-0.25, -0.2) is 0 Å². The second-order valence-corrected chi connectivity index (χ2v) is 14.2. The molecule has 5 aliphatic rings. The Bertz CT molecular complexity index is 927. The van der Waals surface area contributed by atoms with Crippen LogP contribution in [-0.4, -0.2) is 33.5 Å². The first-order chi connectivity index (χ1) is 15.7. The van der Waals surface area contributed by atoms with E-state index in [1.807, 2.05) is 19.9 Å². The lowest BCUT2D eigenvalue weighted by Gasteiger charge is -2.63. The normalized spacial score (nSPS) is 50.0. The lowest BCUT2D eigenvalue weighted by atomic mass is 9.38. The molecule has 3 saturated carbocycles. The van der Waals surface area contributed by atoms with E-state index in [2.05, 4.69) is 52.8 Å². The SMILES string of the molecule is C[C@H](C/C=C/C(C)(C)O)[C@H]1CC[C@@]2(C)[C@@H]3C=C[C@@]45OC(=O)[C@]3(CC[C@]12C)[C@@H]4CC[C@H](O)C5(C)C. The highest BCUT2D eigenvalue weighted by Gasteiger charge is 2.79. The highest BCUT2D eigenvalue weighted by atomic mass is 16.6. The van der Waals surface area contributed by atoms with Gasteiger partial charge in [-0.05, 0) is 93.5 Å². The number of carbonyl (C=O) groups excluding carboxylic acids is 1. The average Bonchev–Trinajstić information content (AvgIpc) is 3.09. The third-order valence-electron chi connectivity index (χ3n) is 12.0. The van der Waals surface area contributed by atoms with Crippen LogP contribution in [0, 0.1) is 45.3 Å². The van der Waals surface area contributed by atoms with Crippen molar-refractivity contribution in [3.05, 3.63) is 24.3 Å². The van der Waals surface area contributed by atoms with Crippen LogP contribution >= 0.6 is 0 Å². The molecule has 0 aromatic rings. The van der Waals surface area contributed by atoms with Gasteiger partial charge in [0.2, 0.25) is 0 Å². The summed E-state index contributed by atoms with van der Waals surface area (Å²) in [6.45, 7) is 15.2. The van der Waals surface area contributed by atoms with E-state index in [0.29, 0.717) is 11.8 Å². The lowest BCUT2D eigenvalue weighted by Crippen LogP contribution is -2.64. The van der Waals surface area contributed by atoms with Gasteiger partial charge in [-0.15, -0.1) is 0 Å². The van der Waals surface area contributed by atoms with E-state index in [9.17, 15) is 15.0 Å². The van der Waals surface area contributed by atoms with Gasteiger partial charge in [0.05, 0.1) is 17.1 Å². The largest absolute Gasteiger partial charge is 0.453 e. The molecule has 2 bridgehead atoms. The van der Waals surface area contributed by atoms with Gasteiger partial charge in [0, 0.05) is 11.3 Å². The lowest BCUT2D eigenvalue weighted by molar-refractivity contribution is -0.173. The minimum Gasteiger partial charge on any atom is -0.453 e. The zero-order valence-corrected chi connectivity index (χ0v) is 22.4. The third-order valence-corrected chi connectivity index (χ3v) is 12.0. The summed E-state index contributed by atoms with van der Waals surface area (Å²) in [5.41, 5.74) is -2.14. The number of fused-ring (bicyclic) bond motifs is 2. The van der Waals surface area contributed by atoms with E-state index in [-0.39, 0.29) is 28.6 Å². The molecule has 34 heavy (non-hydrogen) atoms. The van der Waals surface area contributed by atoms with Crippen molar-refractivity contribution in [2.75, 3.05) is 0 Å². The maximum atomic E-state index is 13.9. The third kappa shape index (κ3) is 2.82. The summed E-state index contributed by atoms with van der Waals surface area (Å²) in [5.74, 6) is 1.49. The highest BCUT2D eigenvalue weighted by Crippen LogP contribution is 2.77. The second-order valence-electron chi connectivity index (χ2n) is 14.2. The fourth-order valence-corrected chi connectivity index (χ4v) is 9.75. The minimum atomic E-state index is -0.769. The van der Waals surface area contributed by atoms with Crippen molar-refractivity contribution in [3.8, 4) is 0 Å². The maximum absolute atomic E-state index is 13.9. The maximum Gasteiger partial charge on any atom is 0.314 e. The van der Waals surface area contributed by atoms with Crippen LogP contribution < -0.4 is 0 Å². The molecule has 5 rings (SSSR count). The van der Waals surface area contributed by atoms with Crippen LogP contribution in [0.2, 0.25) is 0 Å². The van der Waals surface area contributed by atoms with E-state index < -0.39 is 28.1 Å². The Kier molecular flexibility index (Phi) is 5.21. The molecule has 0 radical (unpaired) electrons. The number of hydrogen-bond donors (Lipinski definition) is 2. The summed E-state index contributed by atoms with van der Waals surface area (Å²) in [6, 6.07) is 0. The Hall–Kier alpha value is -1.13. The highest BCUT2D eigenvalue weighted by molar-refractivity contribution is 5.83. The number of carbonyl (C=O) groups is 1. The molecule has 0 amide bonds. The first-order valence-corrected chi connectivity index (χ1v) is 13.7. The summed E-state index contributed by atoms with van der Waals surface area (Å²) >= 11 is 0. The molecule has 9 atom stereocenters. The number of aliphatic hydroxyl groups excluding tert-OH is 1. The van der Waals surface area contributed by atoms with Gasteiger partial charge in [-0.2, -0.15) is 0 Å². The van der Waals surface area contributed by atoms with E-state index in [0.717, 1.165) is 38.5 Å². The van der Waals surface area contributed by atoms with Crippen molar-refractivity contribution in [3.63, 3.8) is 0 Å². The molecule has 1 heterocycles. The van der Waals surface area contributed by atoms with Crippen LogP contribution in [-0.2, 0) is 9.53 Å². The van der Waals surface area contributed by atoms with Crippen molar-refractivity contribution < 1.29 is 19.7 Å². The zero-order valence-electron chi connectivity index (χ0n) is 22.4. The molecule has 4 fully saturated rings. The molecule has 0 aromatic carbocycles. The van der Waals surface area contributed by atoms with Gasteiger partial charge in [0.1, 0.15) is 5.60 Å². The van der Waals surface area contributed by atoms with Crippen LogP contribution in [0.25, 0.3) is 0 Å². The molecular weight excluding hydrogens is 424 g/mol. The molecule has 0 aromatic heterocycles. The van der Waals surface area contributed by atoms with E-state index in [1.165, 1.54) is 6.42 Å². The number of aliphatic hydroxyl groups is 2. The van der Waals surface area contributed by atoms with Crippen molar-refractivity contribution in [2.45, 2.75) is 111 Å². The number of allylic oxidation sites excluding steroid dienone is 2. The molecule has 4 nitrogen and oxygen atoms in total. The topological polar surface area (TPSA) is 66.8 Å². The van der Waals surface area contributed by atoms with Gasteiger partial charge >= 0.3 is 5.97 Å². The van der Waals surface area contributed by atoms with Crippen molar-refractivity contribution >= 4 is 5.97 Å². The summed E-state index contributed by atoms with van der Waals surface area (Å²) in [6.07, 6.45) is 15.1. The Balaban J connectivity index is 1.50. The minimum absolute atomic E-state index is 0.00237. The van der Waals surface area contributed by atoms with Crippen LogP contribution in [0.4, 0.5) is 0 Å². The van der Waals surface area contributed by atoms with Gasteiger partial charge in [-0.1, -0.05) is 52.8 Å². The fourth-order valence-electron chi connectivity index (χ4n) is 9.75. The van der Waals surface area contributed by atoms with Crippen molar-refractivity contribution in [1.29, 1.82) is 0 Å². The predicted octanol–water partition coefficient (Wildman–Crippen LogP) is 5.82. The summed E-state index contributed by atoms with van der Waals surface area (Å²) in [5, 5.41) is 21.0. The quantitative estimate of drug-likeness (QED) is 0.401. The second kappa shape index (κ2) is 7.22. The average molecular weight is 471 g/mol. The van der Waals surface area contributed by atoms with Gasteiger partial charge in [-0.3, -0.25) is 4.79 Å². The van der Waals surface area contributed by atoms with Crippen LogP contribution in [0.3, 0.4) is 0 Å². The molecule has 1 saturated heterocycles. The smallest absolute Gasteiger partial charge is 0.314 e. The molecule has 0 unspecified atom stereocenters. The van der Waals surface area contributed by atoms with E-state index in [4.69, 9.17) is 4.74 Å². The first-order valence-electron chi connectivity index (χ1n) is 13.7. The summed E-state index contributed by atoms with van der Waals surface area (Å²) < 4.78 is 6.39. The summed E-state index contributed by atoms with van der Waals surface area (Å²) in [7, 11) is 0. The van der Waals surface area contributed by atoms with Crippen LogP contribution in [0.1, 0.15) is 93.4 Å². The van der Waals surface area contributed by atoms with Crippen molar-refractivity contribution in [2.24, 2.45) is 45.3 Å². The molecule has 4 aliphatic carbocycles. The van der Waals surface area contributed by atoms with Crippen molar-refractivity contribution in [1.82, 2.24) is 0 Å². The molecular formula is C30H46O4. The van der Waals surface area contributed by atoms with Gasteiger partial charge in [0.15, 0.2) is 0 Å². The number of esters is 1. The Labute approximate surface area is 206 Å². The molecule has 1 aliphatic heterocycles. The van der Waals surface area contributed by atoms with Crippen LogP contribution in [0.5, 0.6) is 0 Å². The fraction of sp³-hybridized carbons (Fsp3) is 0.833. The Morgan fingerprint density at radius 3 is 2.50 bits per heavy atom. The van der Waals surface area contributed by atoms with Gasteiger partial charge in [0.25, 0.3) is 0 Å². The molecule has 4 heteroatoms. The van der Waals surface area contributed by atoms with Gasteiger partial charge < -0.3 is 14.9 Å². The monoisotopic (exact) mass is 470 g/mol. The Morgan fingerprint density at radius 2 is 1.82 bits per heavy atom. The molecule has 1 spiro atoms. The zero-order chi connectivity index (χ0) is 24.9. The molecule has 2 N–H and O–H groups in total. The Morgan fingerprint density at radius 1 is 1.12 bits per heavy atom. The van der Waals surface area contributed by atoms with Crippen LogP contribution in [0.15, 0.2) is 24.3 Å². The standard InChI is InChI=1S/C30H46O4/c1-19(9-8-14-25(2,3)33)20-12-15-28(7)21-13-16-30-22(10-11-23(31)26(30,4)5)29(21,24(32)34-30)18-17-27(20,28)6/h8,13-14,16,19-23,31,33H,9-12,15,17-18H2,1-7H3/b14-8+/t19-,20-,21+,22+,23+,27-,28+,29+,30-/m1/s1. The number of rotatable bonds is 4.